The Morgan fingerprint density at radius 3 is 2.53 bits per heavy atom. The van der Waals surface area contributed by atoms with Gasteiger partial charge in [-0.3, -0.25) is 14.9 Å². The van der Waals surface area contributed by atoms with Crippen LogP contribution in [0.5, 0.6) is 0 Å². The van der Waals surface area contributed by atoms with Gasteiger partial charge in [-0.15, -0.1) is 5.56 Å². The molecule has 0 aliphatic heterocycles. The molecule has 2 aromatic rings. The third kappa shape index (κ3) is 5.08. The van der Waals surface area contributed by atoms with Gasteiger partial charge in [-0.1, -0.05) is 12.4 Å². The maximum absolute atomic E-state index is 8.36. The quantitative estimate of drug-likeness (QED) is 0.345. The molecule has 0 atom stereocenters. The van der Waals surface area contributed by atoms with E-state index in [-0.39, 0.29) is 36.0 Å². The van der Waals surface area contributed by atoms with E-state index in [0.29, 0.717) is 0 Å². The van der Waals surface area contributed by atoms with Crippen LogP contribution in [-0.4, -0.2) is 31.3 Å². The summed E-state index contributed by atoms with van der Waals surface area (Å²) in [7, 11) is 1.83. The van der Waals surface area contributed by atoms with Crippen LogP contribution >= 0.6 is 0 Å². The van der Waals surface area contributed by atoms with Crippen LogP contribution in [0.1, 0.15) is 5.69 Å². The van der Waals surface area contributed by atoms with E-state index in [0.717, 1.165) is 17.0 Å². The molecule has 0 aliphatic carbocycles. The molecule has 7 heteroatoms. The molecule has 2 heterocycles. The van der Waals surface area contributed by atoms with E-state index in [1.165, 1.54) is 0 Å². The van der Waals surface area contributed by atoms with Crippen LogP contribution in [-0.2, 0) is 11.8 Å². The van der Waals surface area contributed by atoms with Gasteiger partial charge in [0.2, 0.25) is 0 Å². The summed E-state index contributed by atoms with van der Waals surface area (Å²) in [5.41, 5.74) is 2.58. The smallest absolute Gasteiger partial charge is 0.483 e. The van der Waals surface area contributed by atoms with Gasteiger partial charge in [-0.2, -0.15) is 0 Å². The van der Waals surface area contributed by atoms with Crippen LogP contribution in [0.2, 0.25) is 0 Å². The summed E-state index contributed by atoms with van der Waals surface area (Å²) in [6, 6.07) is 0. The second-order valence-electron chi connectivity index (χ2n) is 2.94. The fourth-order valence-electron chi connectivity index (χ4n) is 1.09. The number of hydrogen-bond donors (Lipinski definition) is 1. The Morgan fingerprint density at radius 2 is 2.06 bits per heavy atom. The van der Waals surface area contributed by atoms with Crippen molar-refractivity contribution in [3.05, 3.63) is 30.5 Å². The van der Waals surface area contributed by atoms with Crippen molar-refractivity contribution < 1.29 is 39.5 Å². The first-order chi connectivity index (χ1) is 7.67. The van der Waals surface area contributed by atoms with Crippen molar-refractivity contribution in [1.29, 1.82) is 0 Å². The molecule has 0 fully saturated rings. The Balaban J connectivity index is 0.000000583. The second kappa shape index (κ2) is 7.94. The van der Waals surface area contributed by atoms with E-state index in [1.807, 2.05) is 14.0 Å². The van der Waals surface area contributed by atoms with Crippen LogP contribution in [0.4, 0.5) is 0 Å². The van der Waals surface area contributed by atoms with Crippen molar-refractivity contribution >= 4 is 6.47 Å². The van der Waals surface area contributed by atoms with Crippen molar-refractivity contribution in [2.75, 3.05) is 0 Å². The van der Waals surface area contributed by atoms with E-state index in [1.54, 1.807) is 23.3 Å². The molecule has 84 valence electrons. The normalized spacial score (nSPS) is 8.59. The van der Waals surface area contributed by atoms with Crippen molar-refractivity contribution in [1.82, 2.24) is 19.7 Å². The van der Waals surface area contributed by atoms with Crippen molar-refractivity contribution in [2.24, 2.45) is 7.05 Å². The molecule has 0 saturated carbocycles. The molecule has 0 saturated heterocycles. The molecule has 0 bridgehead atoms. The van der Waals surface area contributed by atoms with Crippen LogP contribution < -0.4 is 29.6 Å². The first-order valence-electron chi connectivity index (χ1n) is 4.45. The Labute approximate surface area is 121 Å². The summed E-state index contributed by atoms with van der Waals surface area (Å²) in [5, 5.41) is 10.9. The number of aryl methyl sites for hydroxylation is 2. The average Bonchev–Trinajstić information content (AvgIpc) is 2.66. The summed E-state index contributed by atoms with van der Waals surface area (Å²) < 4.78 is 1.62. The first kappa shape index (κ1) is 15.8. The maximum atomic E-state index is 8.36. The minimum absolute atomic E-state index is 0. The Kier molecular flexibility index (Phi) is 7.36. The summed E-state index contributed by atoms with van der Waals surface area (Å²) in [5.74, 6) is 0. The maximum Gasteiger partial charge on any atom is 1.00 e. The standard InChI is InChI=1S/C9H9N4.CH2O2.Na/c1-7-3-10-5-9(12-7)8-4-11-13(2)6-8;2-1-3;/h3-5H,1-2H3;1H,(H,2,3);/q-1;;+1. The van der Waals surface area contributed by atoms with Gasteiger partial charge in [0.15, 0.2) is 0 Å². The van der Waals surface area contributed by atoms with Gasteiger partial charge in [0.1, 0.15) is 0 Å². The average molecular weight is 242 g/mol. The minimum atomic E-state index is -0.250. The topological polar surface area (TPSA) is 80.9 Å². The summed E-state index contributed by atoms with van der Waals surface area (Å²) >= 11 is 0. The largest absolute Gasteiger partial charge is 1.00 e. The van der Waals surface area contributed by atoms with Gasteiger partial charge in [-0.25, -0.2) is 0 Å². The number of hydrogen-bond acceptors (Lipinski definition) is 4. The summed E-state index contributed by atoms with van der Waals surface area (Å²) in [6.07, 6.45) is 8.18. The fourth-order valence-corrected chi connectivity index (χ4v) is 1.09. The zero-order valence-corrected chi connectivity index (χ0v) is 12.0. The number of nitrogens with zero attached hydrogens (tertiary/aromatic N) is 4. The van der Waals surface area contributed by atoms with Crippen LogP contribution in [0.15, 0.2) is 18.6 Å². The Morgan fingerprint density at radius 1 is 1.41 bits per heavy atom. The monoisotopic (exact) mass is 242 g/mol. The molecule has 0 spiro atoms. The molecule has 1 N–H and O–H groups in total. The number of rotatable bonds is 1. The van der Waals surface area contributed by atoms with Gasteiger partial charge < -0.3 is 14.8 Å². The fraction of sp³-hybridized carbons (Fsp3) is 0.200. The zero-order chi connectivity index (χ0) is 12.0. The second-order valence-corrected chi connectivity index (χ2v) is 2.94. The third-order valence-electron chi connectivity index (χ3n) is 1.67. The van der Waals surface area contributed by atoms with E-state index >= 15 is 0 Å². The van der Waals surface area contributed by atoms with Crippen molar-refractivity contribution in [3.63, 3.8) is 0 Å². The molecule has 17 heavy (non-hydrogen) atoms. The molecule has 0 aromatic carbocycles. The number of carbonyl (C=O) groups is 1. The predicted molar refractivity (Wildman–Crippen MR) is 56.5 cm³/mol. The summed E-state index contributed by atoms with van der Waals surface area (Å²) in [6.45, 7) is 1.66. The van der Waals surface area contributed by atoms with E-state index in [2.05, 4.69) is 21.3 Å². The van der Waals surface area contributed by atoms with Gasteiger partial charge in [0.25, 0.3) is 6.47 Å². The molecule has 2 rings (SSSR count). The van der Waals surface area contributed by atoms with Gasteiger partial charge >= 0.3 is 29.6 Å². The van der Waals surface area contributed by atoms with Gasteiger partial charge in [-0.05, 0) is 18.8 Å². The predicted octanol–water partition coefficient (Wildman–Crippen LogP) is -2.31. The molecule has 0 unspecified atom stereocenters. The van der Waals surface area contributed by atoms with Gasteiger partial charge in [0.05, 0.1) is 0 Å². The number of aromatic nitrogens is 4. The van der Waals surface area contributed by atoms with Crippen LogP contribution in [0.25, 0.3) is 11.3 Å². The van der Waals surface area contributed by atoms with Crippen LogP contribution in [0, 0.1) is 13.1 Å². The minimum Gasteiger partial charge on any atom is -0.483 e. The first-order valence-corrected chi connectivity index (χ1v) is 4.45. The molecule has 2 aromatic heterocycles. The molecular formula is C10H11N4NaO2. The van der Waals surface area contributed by atoms with Crippen molar-refractivity contribution in [2.45, 2.75) is 6.92 Å². The molecule has 6 nitrogen and oxygen atoms in total. The van der Waals surface area contributed by atoms with E-state index in [9.17, 15) is 0 Å². The Hall–Kier alpha value is -1.24. The molecule has 0 amide bonds. The molecule has 0 radical (unpaired) electrons. The third-order valence-corrected chi connectivity index (χ3v) is 1.67. The van der Waals surface area contributed by atoms with E-state index < -0.39 is 0 Å². The molecule has 0 aliphatic rings. The SMILES string of the molecule is Cc1cncc(-c2[c-]n(C)nc2)n1.O=CO.[Na+]. The molecular weight excluding hydrogens is 231 g/mol. The van der Waals surface area contributed by atoms with E-state index in [4.69, 9.17) is 9.90 Å². The van der Waals surface area contributed by atoms with Gasteiger partial charge in [0, 0.05) is 18.9 Å². The summed E-state index contributed by atoms with van der Waals surface area (Å²) in [4.78, 5) is 16.7. The zero-order valence-electron chi connectivity index (χ0n) is 9.95. The Bertz CT molecular complexity index is 473. The number of carboxylic acid groups (broad SMARTS) is 1. The van der Waals surface area contributed by atoms with Crippen molar-refractivity contribution in [3.8, 4) is 11.3 Å². The van der Waals surface area contributed by atoms with Crippen LogP contribution in [0.3, 0.4) is 0 Å².